The summed E-state index contributed by atoms with van der Waals surface area (Å²) in [6, 6.07) is 7.45. The van der Waals surface area contributed by atoms with Gasteiger partial charge in [-0.3, -0.25) is 4.79 Å². The lowest BCUT2D eigenvalue weighted by atomic mass is 9.95. The second-order valence-electron chi connectivity index (χ2n) is 7.28. The largest absolute Gasteiger partial charge is 0.490 e. The van der Waals surface area contributed by atoms with Gasteiger partial charge in [0.05, 0.1) is 24.8 Å². The zero-order chi connectivity index (χ0) is 21.7. The molecule has 1 aliphatic rings. The van der Waals surface area contributed by atoms with Crippen molar-refractivity contribution >= 4 is 11.9 Å². The van der Waals surface area contributed by atoms with Gasteiger partial charge in [-0.1, -0.05) is 19.9 Å². The van der Waals surface area contributed by atoms with Crippen molar-refractivity contribution in [1.29, 1.82) is 0 Å². The highest BCUT2D eigenvalue weighted by Crippen LogP contribution is 2.34. The standard InChI is InChI=1S/C22H23F2NO5/c1-13(2)21(14-4-5-18-19(10-14)29-7-3-6-28-18)25-20(26)12-30-22(27)15-8-16(23)11-17(24)9-15/h4-5,8-11,13,21H,3,6-7,12H2,1-2H3,(H,25,26)/t21-/m1/s1. The summed E-state index contributed by atoms with van der Waals surface area (Å²) in [4.78, 5) is 24.3. The molecular formula is C22H23F2NO5. The number of rotatable bonds is 6. The van der Waals surface area contributed by atoms with Gasteiger partial charge in [-0.2, -0.15) is 0 Å². The second kappa shape index (κ2) is 9.56. The van der Waals surface area contributed by atoms with Crippen molar-refractivity contribution in [3.63, 3.8) is 0 Å². The minimum absolute atomic E-state index is 0.0340. The van der Waals surface area contributed by atoms with Crippen LogP contribution < -0.4 is 14.8 Å². The zero-order valence-corrected chi connectivity index (χ0v) is 16.7. The quantitative estimate of drug-likeness (QED) is 0.721. The van der Waals surface area contributed by atoms with E-state index in [0.29, 0.717) is 30.8 Å². The molecule has 0 saturated heterocycles. The number of carbonyl (C=O) groups is 2. The fourth-order valence-corrected chi connectivity index (χ4v) is 3.11. The monoisotopic (exact) mass is 419 g/mol. The van der Waals surface area contributed by atoms with E-state index in [1.807, 2.05) is 26.0 Å². The average Bonchev–Trinajstić information content (AvgIpc) is 2.94. The lowest BCUT2D eigenvalue weighted by Crippen LogP contribution is -2.35. The molecule has 0 unspecified atom stereocenters. The van der Waals surface area contributed by atoms with Gasteiger partial charge in [0.15, 0.2) is 18.1 Å². The fraction of sp³-hybridized carbons (Fsp3) is 0.364. The van der Waals surface area contributed by atoms with Gasteiger partial charge in [0.2, 0.25) is 0 Å². The van der Waals surface area contributed by atoms with Crippen LogP contribution in [0.1, 0.15) is 42.2 Å². The first kappa shape index (κ1) is 21.5. The summed E-state index contributed by atoms with van der Waals surface area (Å²) in [6.07, 6.45) is 0.787. The van der Waals surface area contributed by atoms with E-state index in [1.54, 1.807) is 6.07 Å². The number of benzene rings is 2. The molecule has 1 aliphatic heterocycles. The Morgan fingerprint density at radius 1 is 1.03 bits per heavy atom. The number of amides is 1. The third-order valence-corrected chi connectivity index (χ3v) is 4.55. The Morgan fingerprint density at radius 2 is 1.70 bits per heavy atom. The Kier molecular flexibility index (Phi) is 6.87. The first-order valence-electron chi connectivity index (χ1n) is 9.65. The Hall–Kier alpha value is -3.16. The first-order chi connectivity index (χ1) is 14.3. The Labute approximate surface area is 173 Å². The molecule has 1 amide bonds. The SMILES string of the molecule is CC(C)[C@@H](NC(=O)COC(=O)c1cc(F)cc(F)c1)c1ccc2c(c1)OCCCO2. The molecule has 0 saturated carbocycles. The van der Waals surface area contributed by atoms with E-state index in [-0.39, 0.29) is 17.5 Å². The van der Waals surface area contributed by atoms with E-state index in [1.165, 1.54) is 0 Å². The van der Waals surface area contributed by atoms with E-state index in [9.17, 15) is 18.4 Å². The Bertz CT molecular complexity index is 911. The fourth-order valence-electron chi connectivity index (χ4n) is 3.11. The van der Waals surface area contributed by atoms with Crippen molar-refractivity contribution in [1.82, 2.24) is 5.32 Å². The molecule has 1 N–H and O–H groups in total. The summed E-state index contributed by atoms with van der Waals surface area (Å²) in [5, 5.41) is 2.82. The highest BCUT2D eigenvalue weighted by atomic mass is 19.1. The van der Waals surface area contributed by atoms with Gasteiger partial charge in [0.25, 0.3) is 5.91 Å². The lowest BCUT2D eigenvalue weighted by molar-refractivity contribution is -0.125. The summed E-state index contributed by atoms with van der Waals surface area (Å²) in [5.74, 6) is -2.02. The van der Waals surface area contributed by atoms with Crippen molar-refractivity contribution in [3.05, 3.63) is 59.2 Å². The third-order valence-electron chi connectivity index (χ3n) is 4.55. The average molecular weight is 419 g/mol. The summed E-state index contributed by atoms with van der Waals surface area (Å²) >= 11 is 0. The second-order valence-corrected chi connectivity index (χ2v) is 7.28. The number of hydrogen-bond donors (Lipinski definition) is 1. The van der Waals surface area contributed by atoms with Crippen molar-refractivity contribution < 1.29 is 32.6 Å². The third kappa shape index (κ3) is 5.46. The van der Waals surface area contributed by atoms with Crippen molar-refractivity contribution in [3.8, 4) is 11.5 Å². The van der Waals surface area contributed by atoms with Crippen LogP contribution in [0.15, 0.2) is 36.4 Å². The molecule has 160 valence electrons. The smallest absolute Gasteiger partial charge is 0.338 e. The first-order valence-corrected chi connectivity index (χ1v) is 9.65. The molecule has 30 heavy (non-hydrogen) atoms. The number of hydrogen-bond acceptors (Lipinski definition) is 5. The maximum atomic E-state index is 13.2. The minimum Gasteiger partial charge on any atom is -0.490 e. The molecule has 6 nitrogen and oxygen atoms in total. The van der Waals surface area contributed by atoms with Crippen molar-refractivity contribution in [2.75, 3.05) is 19.8 Å². The van der Waals surface area contributed by atoms with Crippen LogP contribution in [0.4, 0.5) is 8.78 Å². The number of fused-ring (bicyclic) bond motifs is 1. The van der Waals surface area contributed by atoms with Gasteiger partial charge in [-0.05, 0) is 35.7 Å². The topological polar surface area (TPSA) is 73.9 Å². The Morgan fingerprint density at radius 3 is 2.37 bits per heavy atom. The molecule has 3 rings (SSSR count). The van der Waals surface area contributed by atoms with Gasteiger partial charge in [-0.25, -0.2) is 13.6 Å². The number of ether oxygens (including phenoxy) is 3. The van der Waals surface area contributed by atoms with Gasteiger partial charge in [0.1, 0.15) is 11.6 Å². The van der Waals surface area contributed by atoms with Crippen LogP contribution in [0.2, 0.25) is 0 Å². The number of nitrogens with one attached hydrogen (secondary N) is 1. The van der Waals surface area contributed by atoms with Crippen LogP contribution in [0.3, 0.4) is 0 Å². The molecule has 0 aromatic heterocycles. The molecule has 0 radical (unpaired) electrons. The molecule has 0 fully saturated rings. The van der Waals surface area contributed by atoms with Gasteiger partial charge in [-0.15, -0.1) is 0 Å². The Balaban J connectivity index is 1.64. The van der Waals surface area contributed by atoms with Crippen LogP contribution in [0, 0.1) is 17.6 Å². The van der Waals surface area contributed by atoms with Crippen LogP contribution in [0.5, 0.6) is 11.5 Å². The van der Waals surface area contributed by atoms with E-state index in [2.05, 4.69) is 5.32 Å². The van der Waals surface area contributed by atoms with Gasteiger partial charge >= 0.3 is 5.97 Å². The van der Waals surface area contributed by atoms with Crippen LogP contribution in [-0.4, -0.2) is 31.7 Å². The molecule has 1 atom stereocenters. The molecule has 0 spiro atoms. The van der Waals surface area contributed by atoms with Crippen LogP contribution in [0.25, 0.3) is 0 Å². The van der Waals surface area contributed by atoms with Crippen LogP contribution in [-0.2, 0) is 9.53 Å². The van der Waals surface area contributed by atoms with E-state index in [4.69, 9.17) is 14.2 Å². The minimum atomic E-state index is -0.986. The zero-order valence-electron chi connectivity index (χ0n) is 16.7. The highest BCUT2D eigenvalue weighted by molar-refractivity contribution is 5.91. The number of halogens is 2. The summed E-state index contributed by atoms with van der Waals surface area (Å²) in [6.45, 7) is 4.43. The van der Waals surface area contributed by atoms with E-state index < -0.39 is 30.1 Å². The molecule has 8 heteroatoms. The summed E-state index contributed by atoms with van der Waals surface area (Å²) in [5.41, 5.74) is 0.518. The highest BCUT2D eigenvalue weighted by Gasteiger charge is 2.22. The molecule has 0 bridgehead atoms. The van der Waals surface area contributed by atoms with Crippen LogP contribution >= 0.6 is 0 Å². The molecule has 2 aromatic carbocycles. The van der Waals surface area contributed by atoms with Gasteiger partial charge in [0, 0.05) is 12.5 Å². The predicted molar refractivity (Wildman–Crippen MR) is 104 cm³/mol. The van der Waals surface area contributed by atoms with E-state index >= 15 is 0 Å². The normalized spacial score (nSPS) is 14.0. The maximum absolute atomic E-state index is 13.2. The summed E-state index contributed by atoms with van der Waals surface area (Å²) in [7, 11) is 0. The molecule has 1 heterocycles. The van der Waals surface area contributed by atoms with Crippen molar-refractivity contribution in [2.24, 2.45) is 5.92 Å². The lowest BCUT2D eigenvalue weighted by Gasteiger charge is -2.23. The number of carbonyl (C=O) groups excluding carboxylic acids is 2. The maximum Gasteiger partial charge on any atom is 0.338 e. The predicted octanol–water partition coefficient (Wildman–Crippen LogP) is 3.80. The summed E-state index contributed by atoms with van der Waals surface area (Å²) < 4.78 is 42.7. The molecule has 0 aliphatic carbocycles. The molecule has 2 aromatic rings. The van der Waals surface area contributed by atoms with E-state index in [0.717, 1.165) is 24.1 Å². The number of esters is 1. The molecular weight excluding hydrogens is 396 g/mol. The van der Waals surface area contributed by atoms with Crippen molar-refractivity contribution in [2.45, 2.75) is 26.3 Å². The van der Waals surface area contributed by atoms with Gasteiger partial charge < -0.3 is 19.5 Å².